The minimum atomic E-state index is -0.849. The molecule has 0 aliphatic carbocycles. The van der Waals surface area contributed by atoms with E-state index >= 15 is 0 Å². The maximum atomic E-state index is 11.5. The highest BCUT2D eigenvalue weighted by atomic mass is 16.4. The molecule has 16 heavy (non-hydrogen) atoms. The number of H-pyrrole nitrogens is 1. The first-order chi connectivity index (χ1) is 7.66. The number of amides is 2. The van der Waals surface area contributed by atoms with E-state index in [9.17, 15) is 9.59 Å². The van der Waals surface area contributed by atoms with Gasteiger partial charge in [-0.3, -0.25) is 4.79 Å². The molecule has 0 unspecified atom stereocenters. The molecule has 0 bridgehead atoms. The Hall–Kier alpha value is -2.05. The number of carbonyl (C=O) groups excluding carboxylic acids is 1. The Kier molecular flexibility index (Phi) is 2.76. The van der Waals surface area contributed by atoms with Crippen LogP contribution in [0.25, 0.3) is 0 Å². The first-order valence-corrected chi connectivity index (χ1v) is 4.89. The van der Waals surface area contributed by atoms with Crippen LogP contribution >= 0.6 is 0 Å². The molecule has 0 radical (unpaired) electrons. The molecule has 2 amide bonds. The van der Waals surface area contributed by atoms with E-state index in [4.69, 9.17) is 5.11 Å². The van der Waals surface area contributed by atoms with Gasteiger partial charge in [0.2, 0.25) is 0 Å². The molecule has 1 saturated heterocycles. The Bertz CT molecular complexity index is 383. The topological polar surface area (TPSA) is 98.3 Å². The highest BCUT2D eigenvalue weighted by molar-refractivity contribution is 5.79. The SMILES string of the molecule is O=C(O)C1CN(C(=O)NCc2cnc[nH]2)C1. The third-order valence-corrected chi connectivity index (χ3v) is 2.50. The number of nitrogens with one attached hydrogen (secondary N) is 2. The van der Waals surface area contributed by atoms with Gasteiger partial charge in [0, 0.05) is 19.3 Å². The standard InChI is InChI=1S/C9H12N4O3/c14-8(15)6-3-13(4-6)9(16)11-2-7-1-10-5-12-7/h1,5-6H,2-4H2,(H,10,12)(H,11,16)(H,14,15). The zero-order chi connectivity index (χ0) is 11.5. The van der Waals surface area contributed by atoms with Gasteiger partial charge < -0.3 is 20.3 Å². The van der Waals surface area contributed by atoms with Crippen molar-refractivity contribution in [1.82, 2.24) is 20.2 Å². The second-order valence-electron chi connectivity index (χ2n) is 3.68. The number of carbonyl (C=O) groups is 2. The maximum absolute atomic E-state index is 11.5. The zero-order valence-corrected chi connectivity index (χ0v) is 8.51. The fourth-order valence-corrected chi connectivity index (χ4v) is 1.46. The van der Waals surface area contributed by atoms with Crippen molar-refractivity contribution in [3.63, 3.8) is 0 Å². The predicted octanol–water partition coefficient (Wildman–Crippen LogP) is -0.364. The summed E-state index contributed by atoms with van der Waals surface area (Å²) in [6, 6.07) is -0.243. The summed E-state index contributed by atoms with van der Waals surface area (Å²) in [5.74, 6) is -1.27. The third-order valence-electron chi connectivity index (χ3n) is 2.50. The number of aliphatic carboxylic acids is 1. The number of imidazole rings is 1. The second kappa shape index (κ2) is 4.21. The van der Waals surface area contributed by atoms with Crippen molar-refractivity contribution in [1.29, 1.82) is 0 Å². The van der Waals surface area contributed by atoms with Crippen LogP contribution in [0.4, 0.5) is 4.79 Å². The third kappa shape index (κ3) is 2.13. The first kappa shape index (κ1) is 10.5. The fourth-order valence-electron chi connectivity index (χ4n) is 1.46. The van der Waals surface area contributed by atoms with Crippen molar-refractivity contribution in [2.24, 2.45) is 5.92 Å². The lowest BCUT2D eigenvalue weighted by atomic mass is 10.0. The van der Waals surface area contributed by atoms with E-state index < -0.39 is 11.9 Å². The van der Waals surface area contributed by atoms with Gasteiger partial charge >= 0.3 is 12.0 Å². The van der Waals surface area contributed by atoms with Crippen molar-refractivity contribution in [2.45, 2.75) is 6.54 Å². The van der Waals surface area contributed by atoms with Crippen LogP contribution in [0.1, 0.15) is 5.69 Å². The minimum Gasteiger partial charge on any atom is -0.481 e. The van der Waals surface area contributed by atoms with Gasteiger partial charge in [0.1, 0.15) is 0 Å². The molecule has 3 N–H and O–H groups in total. The van der Waals surface area contributed by atoms with Gasteiger partial charge in [-0.05, 0) is 0 Å². The molecule has 86 valence electrons. The van der Waals surface area contributed by atoms with Gasteiger partial charge in [0.15, 0.2) is 0 Å². The number of nitrogens with zero attached hydrogens (tertiary/aromatic N) is 2. The molecule has 0 saturated carbocycles. The molecule has 1 aromatic heterocycles. The smallest absolute Gasteiger partial charge is 0.317 e. The summed E-state index contributed by atoms with van der Waals surface area (Å²) < 4.78 is 0. The summed E-state index contributed by atoms with van der Waals surface area (Å²) in [6.45, 7) is 0.932. The van der Waals surface area contributed by atoms with Gasteiger partial charge in [-0.1, -0.05) is 0 Å². The number of carboxylic acid groups (broad SMARTS) is 1. The quantitative estimate of drug-likeness (QED) is 0.652. The van der Waals surface area contributed by atoms with Crippen molar-refractivity contribution in [2.75, 3.05) is 13.1 Å². The van der Waals surface area contributed by atoms with E-state index in [0.29, 0.717) is 6.54 Å². The predicted molar refractivity (Wildman–Crippen MR) is 53.5 cm³/mol. The van der Waals surface area contributed by atoms with Crippen molar-refractivity contribution in [3.05, 3.63) is 18.2 Å². The summed E-state index contributed by atoms with van der Waals surface area (Å²) in [7, 11) is 0. The van der Waals surface area contributed by atoms with E-state index in [-0.39, 0.29) is 19.1 Å². The molecule has 7 heteroatoms. The van der Waals surface area contributed by atoms with Gasteiger partial charge in [0.05, 0.1) is 24.5 Å². The van der Waals surface area contributed by atoms with Gasteiger partial charge in [-0.15, -0.1) is 0 Å². The number of hydrogen-bond acceptors (Lipinski definition) is 3. The van der Waals surface area contributed by atoms with Crippen LogP contribution in [0.5, 0.6) is 0 Å². The summed E-state index contributed by atoms with van der Waals surface area (Å²) in [5, 5.41) is 11.3. The lowest BCUT2D eigenvalue weighted by molar-refractivity contribution is -0.146. The molecule has 1 fully saturated rings. The van der Waals surface area contributed by atoms with Crippen molar-refractivity contribution in [3.8, 4) is 0 Å². The number of aromatic amines is 1. The van der Waals surface area contributed by atoms with E-state index in [0.717, 1.165) is 5.69 Å². The molecular weight excluding hydrogens is 212 g/mol. The molecule has 0 atom stereocenters. The van der Waals surface area contributed by atoms with E-state index in [1.807, 2.05) is 0 Å². The maximum Gasteiger partial charge on any atom is 0.317 e. The first-order valence-electron chi connectivity index (χ1n) is 4.89. The van der Waals surface area contributed by atoms with Crippen LogP contribution in [-0.4, -0.2) is 45.1 Å². The molecular formula is C9H12N4O3. The average molecular weight is 224 g/mol. The largest absolute Gasteiger partial charge is 0.481 e. The van der Waals surface area contributed by atoms with Crippen LogP contribution in [0.3, 0.4) is 0 Å². The van der Waals surface area contributed by atoms with Gasteiger partial charge in [0.25, 0.3) is 0 Å². The molecule has 0 aromatic carbocycles. The molecule has 2 heterocycles. The normalized spacial score (nSPS) is 15.6. The minimum absolute atomic E-state index is 0.243. The summed E-state index contributed by atoms with van der Waals surface area (Å²) in [5.41, 5.74) is 0.809. The average Bonchev–Trinajstić information content (AvgIpc) is 2.63. The molecule has 0 spiro atoms. The lowest BCUT2D eigenvalue weighted by Gasteiger charge is -2.36. The molecule has 7 nitrogen and oxygen atoms in total. The number of aromatic nitrogens is 2. The van der Waals surface area contributed by atoms with Crippen LogP contribution < -0.4 is 5.32 Å². The highest BCUT2D eigenvalue weighted by Gasteiger charge is 2.35. The molecule has 1 aliphatic rings. The summed E-state index contributed by atoms with van der Waals surface area (Å²) >= 11 is 0. The van der Waals surface area contributed by atoms with E-state index in [1.165, 1.54) is 11.2 Å². The zero-order valence-electron chi connectivity index (χ0n) is 8.51. The lowest BCUT2D eigenvalue weighted by Crippen LogP contribution is -2.56. The molecule has 1 aromatic rings. The second-order valence-corrected chi connectivity index (χ2v) is 3.68. The molecule has 2 rings (SSSR count). The molecule has 1 aliphatic heterocycles. The number of likely N-dealkylation sites (tertiary alicyclic amines) is 1. The van der Waals surface area contributed by atoms with Crippen molar-refractivity contribution < 1.29 is 14.7 Å². The van der Waals surface area contributed by atoms with E-state index in [2.05, 4.69) is 15.3 Å². The summed E-state index contributed by atoms with van der Waals surface area (Å²) in [6.07, 6.45) is 3.15. The van der Waals surface area contributed by atoms with Crippen LogP contribution in [-0.2, 0) is 11.3 Å². The number of rotatable bonds is 3. The number of hydrogen-bond donors (Lipinski definition) is 3. The number of urea groups is 1. The summed E-state index contributed by atoms with van der Waals surface area (Å²) in [4.78, 5) is 30.1. The highest BCUT2D eigenvalue weighted by Crippen LogP contribution is 2.15. The Labute approximate surface area is 91.5 Å². The Morgan fingerprint density at radius 1 is 1.62 bits per heavy atom. The Balaban J connectivity index is 1.72. The van der Waals surface area contributed by atoms with Gasteiger partial charge in [-0.25, -0.2) is 9.78 Å². The van der Waals surface area contributed by atoms with Gasteiger partial charge in [-0.2, -0.15) is 0 Å². The Morgan fingerprint density at radius 2 is 2.38 bits per heavy atom. The van der Waals surface area contributed by atoms with E-state index in [1.54, 1.807) is 6.20 Å². The fraction of sp³-hybridized carbons (Fsp3) is 0.444. The van der Waals surface area contributed by atoms with Crippen LogP contribution in [0.15, 0.2) is 12.5 Å². The monoisotopic (exact) mass is 224 g/mol. The number of carboxylic acids is 1. The van der Waals surface area contributed by atoms with Crippen LogP contribution in [0.2, 0.25) is 0 Å². The Morgan fingerprint density at radius 3 is 2.94 bits per heavy atom. The van der Waals surface area contributed by atoms with Crippen molar-refractivity contribution >= 4 is 12.0 Å². The van der Waals surface area contributed by atoms with Crippen LogP contribution in [0, 0.1) is 5.92 Å².